The molecule has 0 aliphatic carbocycles. The Kier molecular flexibility index (Phi) is 11.6. The van der Waals surface area contributed by atoms with E-state index in [1.165, 1.54) is 6.26 Å². The highest BCUT2D eigenvalue weighted by atomic mass is 16.6. The van der Waals surface area contributed by atoms with Gasteiger partial charge in [-0.15, -0.1) is 5.11 Å². The van der Waals surface area contributed by atoms with Gasteiger partial charge in [0.1, 0.15) is 6.26 Å². The topological polar surface area (TPSA) is 34.0 Å². The average molecular weight is 228 g/mol. The molecule has 0 atom stereocenters. The highest BCUT2D eigenvalue weighted by Crippen LogP contribution is 1.89. The van der Waals surface area contributed by atoms with Crippen LogP contribution in [0.1, 0.15) is 0 Å². The van der Waals surface area contributed by atoms with E-state index in [0.717, 1.165) is 0 Å². The molecule has 0 saturated heterocycles. The first-order valence-corrected chi connectivity index (χ1v) is 5.03. The molecule has 0 amide bonds. The zero-order valence-electron chi connectivity index (χ0n) is 9.65. The van der Waals surface area contributed by atoms with Crippen LogP contribution >= 0.6 is 0 Å². The predicted octanol–water partition coefficient (Wildman–Crippen LogP) is 4.44. The van der Waals surface area contributed by atoms with Gasteiger partial charge in [0.2, 0.25) is 0 Å². The molecule has 0 N–H and O–H groups in total. The molecule has 0 saturated carbocycles. The van der Waals surface area contributed by atoms with Gasteiger partial charge in [-0.2, -0.15) is 0 Å². The summed E-state index contributed by atoms with van der Waals surface area (Å²) in [6, 6.07) is 0. The molecule has 0 spiro atoms. The van der Waals surface area contributed by atoms with Crippen molar-refractivity contribution in [3.05, 3.63) is 86.4 Å². The van der Waals surface area contributed by atoms with Gasteiger partial charge in [-0.05, 0) is 12.2 Å². The summed E-state index contributed by atoms with van der Waals surface area (Å²) in [4.78, 5) is 4.41. The first-order chi connectivity index (χ1) is 8.41. The van der Waals surface area contributed by atoms with Crippen molar-refractivity contribution in [1.29, 1.82) is 0 Å². The molecule has 0 bridgehead atoms. The molecule has 17 heavy (non-hydrogen) atoms. The number of rotatable bonds is 4. The van der Waals surface area contributed by atoms with E-state index in [0.29, 0.717) is 0 Å². The van der Waals surface area contributed by atoms with Gasteiger partial charge in [0.15, 0.2) is 0 Å². The third-order valence-electron chi connectivity index (χ3n) is 1.33. The lowest BCUT2D eigenvalue weighted by Gasteiger charge is -1.75. The fraction of sp³-hybridized carbons (Fsp3) is 0. The maximum absolute atomic E-state index is 4.41. The fourth-order valence-electron chi connectivity index (χ4n) is 0.664. The van der Waals surface area contributed by atoms with Crippen LogP contribution in [-0.4, -0.2) is 0 Å². The van der Waals surface area contributed by atoms with E-state index in [9.17, 15) is 0 Å². The summed E-state index contributed by atoms with van der Waals surface area (Å²) in [6.07, 6.45) is 21.4. The Balaban J connectivity index is 0.000000318. The lowest BCUT2D eigenvalue weighted by atomic mass is 10.4. The maximum atomic E-state index is 4.41. The second-order valence-corrected chi connectivity index (χ2v) is 2.60. The van der Waals surface area contributed by atoms with Gasteiger partial charge in [-0.25, -0.2) is 0 Å². The van der Waals surface area contributed by atoms with Crippen molar-refractivity contribution in [2.45, 2.75) is 0 Å². The molecule has 0 aromatic heterocycles. The first kappa shape index (κ1) is 14.6. The van der Waals surface area contributed by atoms with Gasteiger partial charge in [0, 0.05) is 5.28 Å². The molecule has 1 aliphatic heterocycles. The van der Waals surface area contributed by atoms with E-state index in [1.54, 1.807) is 30.5 Å². The van der Waals surface area contributed by atoms with Crippen molar-refractivity contribution in [3.63, 3.8) is 0 Å². The summed E-state index contributed by atoms with van der Waals surface area (Å²) in [5.41, 5.74) is 0. The average Bonchev–Trinajstić information content (AvgIpc) is 2.67. The summed E-state index contributed by atoms with van der Waals surface area (Å²) < 4.78 is 0. The van der Waals surface area contributed by atoms with Crippen molar-refractivity contribution in [1.82, 2.24) is 0 Å². The lowest BCUT2D eigenvalue weighted by Crippen LogP contribution is -1.56. The molecule has 0 radical (unpaired) electrons. The SMILES string of the molecule is C1=CN=NOC=C1.C=CC=CC=CC=CC=C. The standard InChI is InChI=1S/C10H12.C4H4N2O/c1-3-5-7-9-10-8-6-4-2;1-2-4-7-6-5-3-1/h3-10H,1-2H2;1-4H. The van der Waals surface area contributed by atoms with Gasteiger partial charge in [-0.3, -0.25) is 0 Å². The summed E-state index contributed by atoms with van der Waals surface area (Å²) in [6.45, 7) is 7.08. The van der Waals surface area contributed by atoms with Crippen LogP contribution in [0.5, 0.6) is 0 Å². The molecule has 0 aromatic carbocycles. The number of hydrogen-bond donors (Lipinski definition) is 0. The molecule has 1 heterocycles. The van der Waals surface area contributed by atoms with E-state index in [-0.39, 0.29) is 0 Å². The van der Waals surface area contributed by atoms with E-state index < -0.39 is 0 Å². The molecule has 88 valence electrons. The smallest absolute Gasteiger partial charge is 0.124 e. The summed E-state index contributed by atoms with van der Waals surface area (Å²) in [5, 5.41) is 6.65. The normalized spacial score (nSPS) is 13.4. The molecule has 0 fully saturated rings. The van der Waals surface area contributed by atoms with Crippen LogP contribution in [0, 0.1) is 0 Å². The molecule has 0 unspecified atom stereocenters. The lowest BCUT2D eigenvalue weighted by molar-refractivity contribution is 0.243. The van der Waals surface area contributed by atoms with Crippen molar-refractivity contribution in [3.8, 4) is 0 Å². The second kappa shape index (κ2) is 13.6. The first-order valence-electron chi connectivity index (χ1n) is 5.03. The van der Waals surface area contributed by atoms with Gasteiger partial charge in [-0.1, -0.05) is 61.8 Å². The van der Waals surface area contributed by atoms with E-state index in [4.69, 9.17) is 0 Å². The number of allylic oxidation sites excluding steroid dienone is 10. The van der Waals surface area contributed by atoms with E-state index >= 15 is 0 Å². The van der Waals surface area contributed by atoms with Gasteiger partial charge in [0.05, 0.1) is 6.20 Å². The predicted molar refractivity (Wildman–Crippen MR) is 72.0 cm³/mol. The monoisotopic (exact) mass is 228 g/mol. The van der Waals surface area contributed by atoms with Crippen molar-refractivity contribution in [2.75, 3.05) is 0 Å². The largest absolute Gasteiger partial charge is 0.347 e. The minimum atomic E-state index is 1.45. The maximum Gasteiger partial charge on any atom is 0.124 e. The minimum absolute atomic E-state index is 1.45. The molecular weight excluding hydrogens is 212 g/mol. The van der Waals surface area contributed by atoms with Crippen molar-refractivity contribution >= 4 is 0 Å². The molecule has 3 nitrogen and oxygen atoms in total. The highest BCUT2D eigenvalue weighted by molar-refractivity contribution is 5.16. The third-order valence-corrected chi connectivity index (χ3v) is 1.33. The van der Waals surface area contributed by atoms with Gasteiger partial charge >= 0.3 is 0 Å². The number of nitrogens with zero attached hydrogens (tertiary/aromatic N) is 2. The third kappa shape index (κ3) is 13.6. The second-order valence-electron chi connectivity index (χ2n) is 2.60. The molecule has 1 rings (SSSR count). The summed E-state index contributed by atoms with van der Waals surface area (Å²) >= 11 is 0. The van der Waals surface area contributed by atoms with E-state index in [2.05, 4.69) is 28.4 Å². The van der Waals surface area contributed by atoms with Crippen molar-refractivity contribution in [2.24, 2.45) is 10.4 Å². The van der Waals surface area contributed by atoms with Crippen LogP contribution in [-0.2, 0) is 4.84 Å². The quantitative estimate of drug-likeness (QED) is 0.655. The Hall–Kier alpha value is -2.42. The van der Waals surface area contributed by atoms with Crippen LogP contribution in [0.15, 0.2) is 96.8 Å². The minimum Gasteiger partial charge on any atom is -0.347 e. The van der Waals surface area contributed by atoms with Crippen LogP contribution in [0.4, 0.5) is 0 Å². The van der Waals surface area contributed by atoms with Gasteiger partial charge < -0.3 is 4.84 Å². The Morgan fingerprint density at radius 1 is 0.824 bits per heavy atom. The van der Waals surface area contributed by atoms with E-state index in [1.807, 2.05) is 36.5 Å². The zero-order chi connectivity index (χ0) is 12.6. The molecule has 1 aliphatic rings. The van der Waals surface area contributed by atoms with Gasteiger partial charge in [0.25, 0.3) is 0 Å². The highest BCUT2D eigenvalue weighted by Gasteiger charge is 1.71. The number of hydrogen-bond acceptors (Lipinski definition) is 3. The Bertz CT molecular complexity index is 338. The summed E-state index contributed by atoms with van der Waals surface area (Å²) in [5.74, 6) is 0. The zero-order valence-corrected chi connectivity index (χ0v) is 9.65. The van der Waals surface area contributed by atoms with Crippen LogP contribution < -0.4 is 0 Å². The fourth-order valence-corrected chi connectivity index (χ4v) is 0.664. The van der Waals surface area contributed by atoms with Crippen LogP contribution in [0.25, 0.3) is 0 Å². The van der Waals surface area contributed by atoms with Crippen molar-refractivity contribution < 1.29 is 4.84 Å². The Labute approximate surface area is 102 Å². The molecular formula is C14H16N2O. The van der Waals surface area contributed by atoms with Crippen LogP contribution in [0.2, 0.25) is 0 Å². The Morgan fingerprint density at radius 2 is 1.41 bits per heavy atom. The summed E-state index contributed by atoms with van der Waals surface area (Å²) in [7, 11) is 0. The molecule has 0 aromatic rings. The Morgan fingerprint density at radius 3 is 2.00 bits per heavy atom. The molecule has 3 heteroatoms. The van der Waals surface area contributed by atoms with Crippen LogP contribution in [0.3, 0.4) is 0 Å².